The third kappa shape index (κ3) is 17.2. The number of hydrogen-bond acceptors (Lipinski definition) is 7. The van der Waals surface area contributed by atoms with Gasteiger partial charge in [0.15, 0.2) is 0 Å². The van der Waals surface area contributed by atoms with Gasteiger partial charge in [-0.1, -0.05) is 26.0 Å². The van der Waals surface area contributed by atoms with Gasteiger partial charge in [-0.05, 0) is 52.4 Å². The van der Waals surface area contributed by atoms with Crippen molar-refractivity contribution in [3.05, 3.63) is 24.3 Å². The van der Waals surface area contributed by atoms with E-state index in [1.807, 2.05) is 0 Å². The van der Waals surface area contributed by atoms with E-state index in [1.54, 1.807) is 13.8 Å². The smallest absolute Gasteiger partial charge is 0.333 e. The predicted molar refractivity (Wildman–Crippen MR) is 114 cm³/mol. The summed E-state index contributed by atoms with van der Waals surface area (Å²) in [5.41, 5.74) is 0.808. The molecule has 29 heavy (non-hydrogen) atoms. The minimum Gasteiger partial charge on any atom is -0.462 e. The average molecular weight is 432 g/mol. The summed E-state index contributed by atoms with van der Waals surface area (Å²) in [6, 6.07) is 0. The summed E-state index contributed by atoms with van der Waals surface area (Å²) >= 11 is 0. The van der Waals surface area contributed by atoms with Crippen LogP contribution >= 0.6 is 7.60 Å². The van der Waals surface area contributed by atoms with Crippen molar-refractivity contribution in [2.75, 3.05) is 33.1 Å². The quantitative estimate of drug-likeness (QED) is 0.127. The molecular weight excluding hydrogens is 395 g/mol. The topological polar surface area (TPSA) is 88.1 Å². The average Bonchev–Trinajstić information content (AvgIpc) is 2.65. The molecule has 0 aromatic rings. The molecule has 0 aromatic heterocycles. The Kier molecular flexibility index (Phi) is 15.6. The first-order chi connectivity index (χ1) is 13.7. The van der Waals surface area contributed by atoms with E-state index in [9.17, 15) is 14.2 Å². The van der Waals surface area contributed by atoms with Gasteiger partial charge in [0.25, 0.3) is 0 Å². The molecule has 168 valence electrons. The molecule has 0 atom stereocenters. The fraction of sp³-hybridized carbons (Fsp3) is 0.714. The molecule has 0 radical (unpaired) electrons. The Hall–Kier alpha value is -1.43. The maximum absolute atomic E-state index is 12.2. The van der Waals surface area contributed by atoms with Gasteiger partial charge in [0.1, 0.15) is 0 Å². The zero-order valence-corrected chi connectivity index (χ0v) is 19.1. The second-order valence-corrected chi connectivity index (χ2v) is 9.16. The molecule has 8 heteroatoms. The van der Waals surface area contributed by atoms with E-state index in [-0.39, 0.29) is 11.9 Å². The Morgan fingerprint density at radius 1 is 0.655 bits per heavy atom. The lowest BCUT2D eigenvalue weighted by molar-refractivity contribution is -0.139. The molecule has 0 aliphatic rings. The summed E-state index contributed by atoms with van der Waals surface area (Å²) in [7, 11) is -3.02. The summed E-state index contributed by atoms with van der Waals surface area (Å²) in [5, 5.41) is 0. The molecule has 0 saturated heterocycles. The van der Waals surface area contributed by atoms with Crippen LogP contribution in [0.2, 0.25) is 0 Å². The molecule has 0 aromatic carbocycles. The minimum absolute atomic E-state index is 0.358. The Balaban J connectivity index is 3.52. The Bertz CT molecular complexity index is 525. The standard InChI is InChI=1S/C21H37O7P/c1-18(2)20(22)25-14-10-6-8-12-16-27-29(5,24)28-17-13-9-7-11-15-26-21(23)19(3)4/h1,3,6-17H2,2,4-5H3. The number of hydrogen-bond donors (Lipinski definition) is 0. The highest BCUT2D eigenvalue weighted by molar-refractivity contribution is 7.52. The molecule has 0 saturated carbocycles. The van der Waals surface area contributed by atoms with Crippen LogP contribution in [0.4, 0.5) is 0 Å². The Morgan fingerprint density at radius 3 is 1.28 bits per heavy atom. The molecule has 0 rings (SSSR count). The molecule has 0 heterocycles. The third-order valence-electron chi connectivity index (χ3n) is 3.89. The van der Waals surface area contributed by atoms with Crippen molar-refractivity contribution in [2.45, 2.75) is 65.2 Å². The van der Waals surface area contributed by atoms with Crippen LogP contribution in [0.1, 0.15) is 65.2 Å². The van der Waals surface area contributed by atoms with Crippen molar-refractivity contribution in [3.8, 4) is 0 Å². The second-order valence-electron chi connectivity index (χ2n) is 7.10. The van der Waals surface area contributed by atoms with Crippen LogP contribution in [0.25, 0.3) is 0 Å². The van der Waals surface area contributed by atoms with E-state index in [0.29, 0.717) is 37.6 Å². The van der Waals surface area contributed by atoms with Crippen LogP contribution in [-0.4, -0.2) is 45.0 Å². The number of unbranched alkanes of at least 4 members (excludes halogenated alkanes) is 6. The first kappa shape index (κ1) is 27.6. The molecule has 0 spiro atoms. The van der Waals surface area contributed by atoms with Crippen LogP contribution in [0.5, 0.6) is 0 Å². The van der Waals surface area contributed by atoms with Crippen molar-refractivity contribution >= 4 is 19.5 Å². The Labute approximate surface area is 175 Å². The van der Waals surface area contributed by atoms with Gasteiger partial charge in [0.2, 0.25) is 0 Å². The molecule has 0 unspecified atom stereocenters. The second kappa shape index (κ2) is 16.4. The van der Waals surface area contributed by atoms with Gasteiger partial charge >= 0.3 is 19.5 Å². The first-order valence-electron chi connectivity index (χ1n) is 10.2. The van der Waals surface area contributed by atoms with E-state index < -0.39 is 7.60 Å². The number of carbonyl (C=O) groups is 2. The van der Waals surface area contributed by atoms with Crippen molar-refractivity contribution in [1.29, 1.82) is 0 Å². The normalized spacial score (nSPS) is 11.1. The lowest BCUT2D eigenvalue weighted by atomic mass is 10.2. The molecule has 0 aliphatic heterocycles. The number of carbonyl (C=O) groups excluding carboxylic acids is 2. The van der Waals surface area contributed by atoms with Gasteiger partial charge in [0.05, 0.1) is 26.4 Å². The SMILES string of the molecule is C=C(C)C(=O)OCCCCCCOP(C)(=O)OCCCCCCOC(=O)C(=C)C. The van der Waals surface area contributed by atoms with Crippen molar-refractivity contribution in [1.82, 2.24) is 0 Å². The van der Waals surface area contributed by atoms with E-state index in [4.69, 9.17) is 18.5 Å². The van der Waals surface area contributed by atoms with Crippen molar-refractivity contribution in [3.63, 3.8) is 0 Å². The van der Waals surface area contributed by atoms with Crippen LogP contribution in [0.15, 0.2) is 24.3 Å². The highest BCUT2D eigenvalue weighted by atomic mass is 31.2. The first-order valence-corrected chi connectivity index (χ1v) is 12.2. The van der Waals surface area contributed by atoms with Gasteiger partial charge < -0.3 is 18.5 Å². The fourth-order valence-electron chi connectivity index (χ4n) is 2.19. The maximum atomic E-state index is 12.2. The summed E-state index contributed by atoms with van der Waals surface area (Å²) in [4.78, 5) is 22.4. The predicted octanol–water partition coefficient (Wildman–Crippen LogP) is 5.20. The zero-order chi connectivity index (χ0) is 22.1. The lowest BCUT2D eigenvalue weighted by Crippen LogP contribution is -2.06. The van der Waals surface area contributed by atoms with Gasteiger partial charge in [-0.2, -0.15) is 0 Å². The van der Waals surface area contributed by atoms with E-state index in [2.05, 4.69) is 13.2 Å². The fourth-order valence-corrected chi connectivity index (χ4v) is 3.19. The van der Waals surface area contributed by atoms with Crippen molar-refractivity contribution < 1.29 is 32.7 Å². The van der Waals surface area contributed by atoms with E-state index >= 15 is 0 Å². The van der Waals surface area contributed by atoms with Crippen LogP contribution in [-0.2, 0) is 32.7 Å². The number of ether oxygens (including phenoxy) is 2. The largest absolute Gasteiger partial charge is 0.462 e. The minimum atomic E-state index is -3.02. The van der Waals surface area contributed by atoms with Crippen LogP contribution < -0.4 is 0 Å². The van der Waals surface area contributed by atoms with Crippen molar-refractivity contribution in [2.24, 2.45) is 0 Å². The summed E-state index contributed by atoms with van der Waals surface area (Å²) in [6.07, 6.45) is 6.74. The maximum Gasteiger partial charge on any atom is 0.333 e. The highest BCUT2D eigenvalue weighted by Crippen LogP contribution is 2.44. The third-order valence-corrected chi connectivity index (χ3v) is 5.20. The molecular formula is C21H37O7P. The molecule has 0 aliphatic carbocycles. The molecule has 0 amide bonds. The molecule has 7 nitrogen and oxygen atoms in total. The molecule has 0 fully saturated rings. The lowest BCUT2D eigenvalue weighted by Gasteiger charge is -2.14. The zero-order valence-electron chi connectivity index (χ0n) is 18.2. The van der Waals surface area contributed by atoms with Crippen LogP contribution in [0.3, 0.4) is 0 Å². The van der Waals surface area contributed by atoms with Gasteiger partial charge in [-0.15, -0.1) is 0 Å². The summed E-state index contributed by atoms with van der Waals surface area (Å²) < 4.78 is 32.9. The molecule has 0 bridgehead atoms. The summed E-state index contributed by atoms with van der Waals surface area (Å²) in [6.45, 7) is 13.3. The van der Waals surface area contributed by atoms with Gasteiger partial charge in [-0.3, -0.25) is 4.57 Å². The van der Waals surface area contributed by atoms with Crippen LogP contribution in [0, 0.1) is 0 Å². The number of rotatable bonds is 18. The Morgan fingerprint density at radius 2 is 0.966 bits per heavy atom. The highest BCUT2D eigenvalue weighted by Gasteiger charge is 2.16. The van der Waals surface area contributed by atoms with Gasteiger partial charge in [0, 0.05) is 17.8 Å². The van der Waals surface area contributed by atoms with E-state index in [1.165, 1.54) is 6.66 Å². The summed E-state index contributed by atoms with van der Waals surface area (Å²) in [5.74, 6) is -0.716. The monoisotopic (exact) mass is 432 g/mol. The van der Waals surface area contributed by atoms with Gasteiger partial charge in [-0.25, -0.2) is 9.59 Å². The van der Waals surface area contributed by atoms with E-state index in [0.717, 1.165) is 51.4 Å². The number of esters is 2. The molecule has 0 N–H and O–H groups in total.